The van der Waals surface area contributed by atoms with Gasteiger partial charge in [-0.3, -0.25) is 4.79 Å². The molecule has 1 aromatic rings. The Kier molecular flexibility index (Phi) is 2.56. The standard InChI is InChI=1S/C13H14O3/c1-9(14)13(15)8-4-6-10-5-3-7-11(16-2)12(10)13/h3-7,15H,8H2,1-2H3. The van der Waals surface area contributed by atoms with Crippen LogP contribution < -0.4 is 4.74 Å². The van der Waals surface area contributed by atoms with E-state index in [2.05, 4.69) is 0 Å². The number of fused-ring (bicyclic) bond motifs is 1. The first-order valence-corrected chi connectivity index (χ1v) is 5.17. The van der Waals surface area contributed by atoms with Crippen molar-refractivity contribution in [2.45, 2.75) is 18.9 Å². The third-order valence-electron chi connectivity index (χ3n) is 2.99. The maximum absolute atomic E-state index is 11.6. The van der Waals surface area contributed by atoms with Crippen LogP contribution >= 0.6 is 0 Å². The molecule has 0 aromatic heterocycles. The number of rotatable bonds is 2. The molecule has 1 aliphatic rings. The Hall–Kier alpha value is -1.61. The summed E-state index contributed by atoms with van der Waals surface area (Å²) in [5.41, 5.74) is -0.0350. The maximum Gasteiger partial charge on any atom is 0.166 e. The Bertz CT molecular complexity index is 462. The molecule has 0 radical (unpaired) electrons. The number of Topliss-reactive ketones (excluding diaryl/α,β-unsaturated/α-hetero) is 1. The topological polar surface area (TPSA) is 46.5 Å². The van der Waals surface area contributed by atoms with Gasteiger partial charge >= 0.3 is 0 Å². The van der Waals surface area contributed by atoms with Gasteiger partial charge in [-0.15, -0.1) is 0 Å². The predicted molar refractivity (Wildman–Crippen MR) is 61.2 cm³/mol. The van der Waals surface area contributed by atoms with Crippen LogP contribution in [0.25, 0.3) is 6.08 Å². The lowest BCUT2D eigenvalue weighted by atomic mass is 9.80. The van der Waals surface area contributed by atoms with E-state index in [0.717, 1.165) is 5.56 Å². The predicted octanol–water partition coefficient (Wildman–Crippen LogP) is 1.89. The summed E-state index contributed by atoms with van der Waals surface area (Å²) in [5.74, 6) is 0.294. The Morgan fingerprint density at radius 3 is 2.88 bits per heavy atom. The van der Waals surface area contributed by atoms with Crippen LogP contribution in [0.1, 0.15) is 24.5 Å². The van der Waals surface area contributed by atoms with E-state index in [1.54, 1.807) is 6.07 Å². The molecule has 0 saturated heterocycles. The molecule has 2 rings (SSSR count). The molecule has 0 saturated carbocycles. The van der Waals surface area contributed by atoms with Crippen LogP contribution in [0.2, 0.25) is 0 Å². The highest BCUT2D eigenvalue weighted by molar-refractivity contribution is 5.89. The minimum atomic E-state index is -1.45. The molecular weight excluding hydrogens is 204 g/mol. The fourth-order valence-corrected chi connectivity index (χ4v) is 2.08. The third-order valence-corrected chi connectivity index (χ3v) is 2.99. The Balaban J connectivity index is 2.69. The van der Waals surface area contributed by atoms with Gasteiger partial charge in [-0.25, -0.2) is 0 Å². The molecule has 1 atom stereocenters. The van der Waals surface area contributed by atoms with Gasteiger partial charge in [0.25, 0.3) is 0 Å². The van der Waals surface area contributed by atoms with Gasteiger partial charge in [0, 0.05) is 12.0 Å². The summed E-state index contributed by atoms with van der Waals surface area (Å²) < 4.78 is 5.21. The number of hydrogen-bond acceptors (Lipinski definition) is 3. The van der Waals surface area contributed by atoms with Crippen LogP contribution in [0.5, 0.6) is 5.75 Å². The van der Waals surface area contributed by atoms with Crippen LogP contribution in [0.15, 0.2) is 24.3 Å². The molecule has 0 heterocycles. The summed E-state index contributed by atoms with van der Waals surface area (Å²) in [7, 11) is 1.54. The molecule has 1 aromatic carbocycles. The lowest BCUT2D eigenvalue weighted by Gasteiger charge is -2.30. The SMILES string of the molecule is COc1cccc2c1C(O)(C(C)=O)CC=C2. The molecule has 84 valence electrons. The van der Waals surface area contributed by atoms with Crippen molar-refractivity contribution in [1.29, 1.82) is 0 Å². The van der Waals surface area contributed by atoms with Crippen LogP contribution in [-0.4, -0.2) is 18.0 Å². The molecule has 0 amide bonds. The third kappa shape index (κ3) is 1.44. The molecule has 1 N–H and O–H groups in total. The van der Waals surface area contributed by atoms with Gasteiger partial charge in [-0.2, -0.15) is 0 Å². The highest BCUT2D eigenvalue weighted by Crippen LogP contribution is 2.40. The normalized spacial score (nSPS) is 22.7. The van der Waals surface area contributed by atoms with Crippen molar-refractivity contribution in [3.05, 3.63) is 35.4 Å². The van der Waals surface area contributed by atoms with E-state index < -0.39 is 5.60 Å². The summed E-state index contributed by atoms with van der Waals surface area (Å²) in [6.07, 6.45) is 4.01. The van der Waals surface area contributed by atoms with Crippen LogP contribution in [0.3, 0.4) is 0 Å². The highest BCUT2D eigenvalue weighted by atomic mass is 16.5. The summed E-state index contributed by atoms with van der Waals surface area (Å²) in [4.78, 5) is 11.6. The second kappa shape index (κ2) is 3.76. The van der Waals surface area contributed by atoms with Crippen molar-refractivity contribution in [2.75, 3.05) is 7.11 Å². The fraction of sp³-hybridized carbons (Fsp3) is 0.308. The molecule has 0 fully saturated rings. The monoisotopic (exact) mass is 218 g/mol. The number of carbonyl (C=O) groups is 1. The number of ether oxygens (including phenoxy) is 1. The van der Waals surface area contributed by atoms with E-state index in [1.165, 1.54) is 14.0 Å². The van der Waals surface area contributed by atoms with Crippen molar-refractivity contribution < 1.29 is 14.6 Å². The molecule has 0 spiro atoms. The minimum absolute atomic E-state index is 0.261. The quantitative estimate of drug-likeness (QED) is 0.824. The van der Waals surface area contributed by atoms with Crippen molar-refractivity contribution in [1.82, 2.24) is 0 Å². The van der Waals surface area contributed by atoms with Gasteiger partial charge in [0.1, 0.15) is 5.75 Å². The lowest BCUT2D eigenvalue weighted by Crippen LogP contribution is -2.35. The molecule has 1 unspecified atom stereocenters. The Morgan fingerprint density at radius 2 is 2.25 bits per heavy atom. The number of ketones is 1. The smallest absolute Gasteiger partial charge is 0.166 e. The zero-order chi connectivity index (χ0) is 11.8. The van der Waals surface area contributed by atoms with E-state index in [4.69, 9.17) is 4.74 Å². The van der Waals surface area contributed by atoms with Crippen LogP contribution in [-0.2, 0) is 10.4 Å². The van der Waals surface area contributed by atoms with Gasteiger partial charge in [0.15, 0.2) is 11.4 Å². The second-order valence-electron chi connectivity index (χ2n) is 3.95. The first-order chi connectivity index (χ1) is 7.59. The van der Waals surface area contributed by atoms with Crippen molar-refractivity contribution in [3.63, 3.8) is 0 Å². The van der Waals surface area contributed by atoms with Gasteiger partial charge in [-0.05, 0) is 18.6 Å². The second-order valence-corrected chi connectivity index (χ2v) is 3.95. The number of aliphatic hydroxyl groups is 1. The van der Waals surface area contributed by atoms with Crippen molar-refractivity contribution in [2.24, 2.45) is 0 Å². The van der Waals surface area contributed by atoms with E-state index in [-0.39, 0.29) is 5.78 Å². The maximum atomic E-state index is 11.6. The Labute approximate surface area is 94.4 Å². The molecule has 0 aliphatic heterocycles. The molecule has 3 heteroatoms. The summed E-state index contributed by atoms with van der Waals surface area (Å²) in [5, 5.41) is 10.4. The summed E-state index contributed by atoms with van der Waals surface area (Å²) >= 11 is 0. The van der Waals surface area contributed by atoms with Crippen LogP contribution in [0, 0.1) is 0 Å². The van der Waals surface area contributed by atoms with Gasteiger partial charge in [0.05, 0.1) is 7.11 Å². The van der Waals surface area contributed by atoms with Crippen molar-refractivity contribution in [3.8, 4) is 5.75 Å². The average molecular weight is 218 g/mol. The van der Waals surface area contributed by atoms with E-state index in [0.29, 0.717) is 17.7 Å². The summed E-state index contributed by atoms with van der Waals surface area (Å²) in [6.45, 7) is 1.40. The van der Waals surface area contributed by atoms with Gasteiger partial charge < -0.3 is 9.84 Å². The fourth-order valence-electron chi connectivity index (χ4n) is 2.08. The van der Waals surface area contributed by atoms with Gasteiger partial charge in [-0.1, -0.05) is 24.3 Å². The number of carbonyl (C=O) groups excluding carboxylic acids is 1. The first-order valence-electron chi connectivity index (χ1n) is 5.17. The van der Waals surface area contributed by atoms with E-state index in [1.807, 2.05) is 24.3 Å². The zero-order valence-electron chi connectivity index (χ0n) is 9.36. The zero-order valence-corrected chi connectivity index (χ0v) is 9.36. The molecule has 16 heavy (non-hydrogen) atoms. The van der Waals surface area contributed by atoms with E-state index >= 15 is 0 Å². The largest absolute Gasteiger partial charge is 0.496 e. The minimum Gasteiger partial charge on any atom is -0.496 e. The summed E-state index contributed by atoms with van der Waals surface area (Å²) in [6, 6.07) is 5.46. The molecule has 0 bridgehead atoms. The molecule has 1 aliphatic carbocycles. The first kappa shape index (κ1) is 10.9. The highest BCUT2D eigenvalue weighted by Gasteiger charge is 2.39. The molecule has 3 nitrogen and oxygen atoms in total. The average Bonchev–Trinajstić information content (AvgIpc) is 2.28. The Morgan fingerprint density at radius 1 is 1.50 bits per heavy atom. The van der Waals surface area contributed by atoms with Gasteiger partial charge in [0.2, 0.25) is 0 Å². The van der Waals surface area contributed by atoms with Crippen molar-refractivity contribution >= 4 is 11.9 Å². The number of methoxy groups -OCH3 is 1. The van der Waals surface area contributed by atoms with Crippen LogP contribution in [0.4, 0.5) is 0 Å². The molecular formula is C13H14O3. The van der Waals surface area contributed by atoms with E-state index in [9.17, 15) is 9.90 Å². The lowest BCUT2D eigenvalue weighted by molar-refractivity contribution is -0.136. The number of benzene rings is 1. The number of hydrogen-bond donors (Lipinski definition) is 1.